The Morgan fingerprint density at radius 1 is 0.305 bits per heavy atom. The molecule has 0 atom stereocenters. The molecule has 11 aromatic rings. The Bertz CT molecular complexity index is 3230. The molecule has 0 unspecified atom stereocenters. The van der Waals surface area contributed by atoms with Gasteiger partial charge in [-0.05, 0) is 75.8 Å². The van der Waals surface area contributed by atoms with E-state index in [1.807, 2.05) is 36.5 Å². The van der Waals surface area contributed by atoms with Crippen molar-refractivity contribution in [1.29, 1.82) is 0 Å². The molecule has 5 heteroatoms. The molecule has 4 aromatic heterocycles. The summed E-state index contributed by atoms with van der Waals surface area (Å²) >= 11 is 0. The van der Waals surface area contributed by atoms with E-state index in [-0.39, 0.29) is 0 Å². The Hall–Kier alpha value is -8.02. The van der Waals surface area contributed by atoms with Gasteiger partial charge in [-0.1, -0.05) is 164 Å². The van der Waals surface area contributed by atoms with Crippen LogP contribution < -0.4 is 0 Å². The van der Waals surface area contributed by atoms with Crippen LogP contribution >= 0.6 is 0 Å². The maximum Gasteiger partial charge on any atom is 0.165 e. The minimum Gasteiger partial charge on any atom is -0.284 e. The quantitative estimate of drug-likeness (QED) is 0.163. The largest absolute Gasteiger partial charge is 0.284 e. The second-order valence-corrected chi connectivity index (χ2v) is 14.7. The van der Waals surface area contributed by atoms with Crippen LogP contribution in [0.15, 0.2) is 212 Å². The maximum absolute atomic E-state index is 5.27. The third-order valence-electron chi connectivity index (χ3n) is 11.0. The number of aromatic nitrogens is 5. The molecule has 0 fully saturated rings. The van der Waals surface area contributed by atoms with E-state index >= 15 is 0 Å². The summed E-state index contributed by atoms with van der Waals surface area (Å²) in [6, 6.07) is 71.9. The van der Waals surface area contributed by atoms with Gasteiger partial charge in [-0.25, -0.2) is 19.9 Å². The molecule has 59 heavy (non-hydrogen) atoms. The van der Waals surface area contributed by atoms with Crippen molar-refractivity contribution in [3.63, 3.8) is 0 Å². The first-order chi connectivity index (χ1) is 29.2. The van der Waals surface area contributed by atoms with Crippen LogP contribution in [0.5, 0.6) is 0 Å². The predicted octanol–water partition coefficient (Wildman–Crippen LogP) is 13.5. The monoisotopic (exact) mass is 753 g/mol. The Morgan fingerprint density at radius 3 is 1.39 bits per heavy atom. The smallest absolute Gasteiger partial charge is 0.165 e. The van der Waals surface area contributed by atoms with Crippen molar-refractivity contribution in [3.05, 3.63) is 212 Å². The average Bonchev–Trinajstić information content (AvgIpc) is 3.71. The number of rotatable bonds is 7. The van der Waals surface area contributed by atoms with Gasteiger partial charge >= 0.3 is 0 Å². The normalized spacial score (nSPS) is 11.4. The van der Waals surface area contributed by atoms with Crippen LogP contribution in [0.2, 0.25) is 0 Å². The van der Waals surface area contributed by atoms with E-state index in [9.17, 15) is 0 Å². The van der Waals surface area contributed by atoms with Crippen molar-refractivity contribution in [2.45, 2.75) is 0 Å². The zero-order chi connectivity index (χ0) is 39.1. The third-order valence-corrected chi connectivity index (χ3v) is 11.0. The van der Waals surface area contributed by atoms with Crippen molar-refractivity contribution in [2.75, 3.05) is 0 Å². The molecule has 0 spiro atoms. The van der Waals surface area contributed by atoms with E-state index < -0.39 is 0 Å². The molecule has 7 aromatic carbocycles. The molecule has 0 aliphatic rings. The topological polar surface area (TPSA) is 56.0 Å². The second kappa shape index (κ2) is 14.5. The fraction of sp³-hybridized carbons (Fsp3) is 0. The molecule has 0 radical (unpaired) electrons. The molecule has 5 nitrogen and oxygen atoms in total. The Labute approximate surface area is 341 Å². The van der Waals surface area contributed by atoms with Gasteiger partial charge in [0.05, 0.1) is 17.1 Å². The van der Waals surface area contributed by atoms with Crippen LogP contribution in [-0.2, 0) is 0 Å². The van der Waals surface area contributed by atoms with E-state index in [2.05, 4.69) is 180 Å². The van der Waals surface area contributed by atoms with Crippen molar-refractivity contribution in [1.82, 2.24) is 24.3 Å². The minimum atomic E-state index is 0.663. The van der Waals surface area contributed by atoms with Crippen molar-refractivity contribution < 1.29 is 0 Å². The van der Waals surface area contributed by atoms with Gasteiger partial charge in [0.25, 0.3) is 0 Å². The molecule has 276 valence electrons. The van der Waals surface area contributed by atoms with Crippen molar-refractivity contribution in [3.8, 4) is 78.5 Å². The maximum atomic E-state index is 5.27. The first kappa shape index (κ1) is 34.2. The fourth-order valence-corrected chi connectivity index (χ4v) is 8.09. The third kappa shape index (κ3) is 6.41. The molecule has 0 saturated carbocycles. The molecule has 4 heterocycles. The first-order valence-electron chi connectivity index (χ1n) is 19.8. The standard InChI is InChI=1S/C54H35N5/c1-3-15-36(16-4-1)38-19-11-23-42(31-38)48-35-49(43-24-12-20-39(32-43)37-17-5-2-6-18-37)56-53(55-48)45-26-14-22-41(34-45)40-21-13-25-44(33-40)51-46-27-7-8-28-47(46)52-54(58-51)59-30-10-9-29-50(59)57-52/h1-35H. The highest BCUT2D eigenvalue weighted by Gasteiger charge is 2.17. The number of benzene rings is 7. The minimum absolute atomic E-state index is 0.663. The highest BCUT2D eigenvalue weighted by Crippen LogP contribution is 2.36. The summed E-state index contributed by atoms with van der Waals surface area (Å²) in [7, 11) is 0. The van der Waals surface area contributed by atoms with Gasteiger partial charge < -0.3 is 0 Å². The molecule has 11 rings (SSSR count). The highest BCUT2D eigenvalue weighted by atomic mass is 15.1. The van der Waals surface area contributed by atoms with Gasteiger partial charge in [-0.3, -0.25) is 4.40 Å². The summed E-state index contributed by atoms with van der Waals surface area (Å²) in [6.45, 7) is 0. The van der Waals surface area contributed by atoms with E-state index in [0.29, 0.717) is 5.82 Å². The summed E-state index contributed by atoms with van der Waals surface area (Å²) in [5.74, 6) is 0.663. The van der Waals surface area contributed by atoms with Gasteiger partial charge in [0.2, 0.25) is 0 Å². The van der Waals surface area contributed by atoms with Crippen LogP contribution in [0, 0.1) is 0 Å². The summed E-state index contributed by atoms with van der Waals surface area (Å²) in [6.07, 6.45) is 2.03. The van der Waals surface area contributed by atoms with Gasteiger partial charge in [0, 0.05) is 39.2 Å². The number of hydrogen-bond acceptors (Lipinski definition) is 4. The van der Waals surface area contributed by atoms with Crippen LogP contribution in [0.4, 0.5) is 0 Å². The average molecular weight is 754 g/mol. The predicted molar refractivity (Wildman–Crippen MR) is 242 cm³/mol. The van der Waals surface area contributed by atoms with E-state index in [0.717, 1.165) is 100 Å². The molecule has 0 N–H and O–H groups in total. The Morgan fingerprint density at radius 2 is 0.763 bits per heavy atom. The number of hydrogen-bond donors (Lipinski definition) is 0. The van der Waals surface area contributed by atoms with Gasteiger partial charge in [0.1, 0.15) is 11.2 Å². The summed E-state index contributed by atoms with van der Waals surface area (Å²) < 4.78 is 2.07. The molecular formula is C54H35N5. The van der Waals surface area contributed by atoms with Gasteiger partial charge in [-0.15, -0.1) is 0 Å². The van der Waals surface area contributed by atoms with Crippen molar-refractivity contribution >= 4 is 27.6 Å². The fourth-order valence-electron chi connectivity index (χ4n) is 8.09. The molecule has 0 bridgehead atoms. The second-order valence-electron chi connectivity index (χ2n) is 14.7. The number of nitrogens with zero attached hydrogens (tertiary/aromatic N) is 5. The molecule has 0 aliphatic heterocycles. The van der Waals surface area contributed by atoms with Crippen LogP contribution in [0.1, 0.15) is 0 Å². The summed E-state index contributed by atoms with van der Waals surface area (Å²) in [5.41, 5.74) is 16.1. The Kier molecular flexibility index (Phi) is 8.41. The molecule has 0 saturated heterocycles. The van der Waals surface area contributed by atoms with Gasteiger partial charge in [0.15, 0.2) is 11.5 Å². The van der Waals surface area contributed by atoms with Crippen LogP contribution in [-0.4, -0.2) is 24.3 Å². The van der Waals surface area contributed by atoms with Crippen molar-refractivity contribution in [2.24, 2.45) is 0 Å². The van der Waals surface area contributed by atoms with E-state index in [4.69, 9.17) is 19.9 Å². The number of pyridine rings is 2. The SMILES string of the molecule is c1ccc(-c2cccc(-c3cc(-c4cccc(-c5ccccc5)c4)nc(-c4cccc(-c5cccc(-c6nc7c(nc8ccccn87)c7ccccc67)c5)c4)n3)c2)cc1. The van der Waals surface area contributed by atoms with Crippen LogP contribution in [0.3, 0.4) is 0 Å². The Balaban J connectivity index is 1.03. The number of imidazole rings is 1. The lowest BCUT2D eigenvalue weighted by molar-refractivity contribution is 1.18. The highest BCUT2D eigenvalue weighted by molar-refractivity contribution is 6.09. The van der Waals surface area contributed by atoms with Crippen LogP contribution in [0.25, 0.3) is 106 Å². The first-order valence-corrected chi connectivity index (χ1v) is 19.8. The zero-order valence-corrected chi connectivity index (χ0v) is 31.9. The number of fused-ring (bicyclic) bond motifs is 5. The lowest BCUT2D eigenvalue weighted by atomic mass is 9.97. The van der Waals surface area contributed by atoms with Gasteiger partial charge in [-0.2, -0.15) is 0 Å². The van der Waals surface area contributed by atoms with E-state index in [1.54, 1.807) is 0 Å². The lowest BCUT2D eigenvalue weighted by Crippen LogP contribution is -1.97. The summed E-state index contributed by atoms with van der Waals surface area (Å²) in [5, 5.41) is 2.15. The molecular weight excluding hydrogens is 719 g/mol. The zero-order valence-electron chi connectivity index (χ0n) is 31.9. The lowest BCUT2D eigenvalue weighted by Gasteiger charge is -2.13. The molecule has 0 amide bonds. The molecule has 0 aliphatic carbocycles. The van der Waals surface area contributed by atoms with E-state index in [1.165, 1.54) is 0 Å². The summed E-state index contributed by atoms with van der Waals surface area (Å²) in [4.78, 5) is 20.8.